The molecule has 0 N–H and O–H groups in total. The summed E-state index contributed by atoms with van der Waals surface area (Å²) < 4.78 is 7.60. The lowest BCUT2D eigenvalue weighted by atomic mass is 10.1. The number of nitrogens with zero attached hydrogens (tertiary/aromatic N) is 4. The van der Waals surface area contributed by atoms with Crippen molar-refractivity contribution < 1.29 is 9.53 Å². The van der Waals surface area contributed by atoms with E-state index in [9.17, 15) is 4.79 Å². The third-order valence-corrected chi connectivity index (χ3v) is 4.66. The van der Waals surface area contributed by atoms with Crippen molar-refractivity contribution in [2.75, 3.05) is 7.11 Å². The summed E-state index contributed by atoms with van der Waals surface area (Å²) in [7, 11) is 1.38. The van der Waals surface area contributed by atoms with Crippen LogP contribution in [-0.4, -0.2) is 33.3 Å². The molecule has 0 amide bonds. The fraction of sp³-hybridized carbons (Fsp3) is 0.385. The third-order valence-electron chi connectivity index (χ3n) is 3.18. The van der Waals surface area contributed by atoms with Crippen LogP contribution in [0.5, 0.6) is 0 Å². The Kier molecular flexibility index (Phi) is 4.25. The van der Waals surface area contributed by atoms with Crippen LogP contribution in [0, 0.1) is 0 Å². The molecule has 1 aromatic heterocycles. The number of rotatable bonds is 5. The fourth-order valence-electron chi connectivity index (χ4n) is 1.96. The summed E-state index contributed by atoms with van der Waals surface area (Å²) in [5.41, 5.74) is 1.46. The van der Waals surface area contributed by atoms with Gasteiger partial charge in [-0.05, 0) is 47.0 Å². The van der Waals surface area contributed by atoms with Gasteiger partial charge < -0.3 is 4.74 Å². The predicted octanol–water partition coefficient (Wildman–Crippen LogP) is 2.85. The first kappa shape index (κ1) is 14.5. The highest BCUT2D eigenvalue weighted by Crippen LogP contribution is 2.37. The Balaban J connectivity index is 1.79. The normalized spacial score (nSPS) is 14.2. The Hall–Kier alpha value is -1.41. The second-order valence-electron chi connectivity index (χ2n) is 4.72. The van der Waals surface area contributed by atoms with Crippen molar-refractivity contribution in [1.82, 2.24) is 20.2 Å². The average Bonchev–Trinajstić information content (AvgIpc) is 3.23. The lowest BCUT2D eigenvalue weighted by Crippen LogP contribution is -2.05. The topological polar surface area (TPSA) is 69.9 Å². The number of benzene rings is 1. The van der Waals surface area contributed by atoms with E-state index < -0.39 is 0 Å². The van der Waals surface area contributed by atoms with Gasteiger partial charge >= 0.3 is 5.97 Å². The van der Waals surface area contributed by atoms with Gasteiger partial charge in [-0.2, -0.15) is 0 Å². The van der Waals surface area contributed by atoms with Crippen molar-refractivity contribution in [2.24, 2.45) is 0 Å². The fourth-order valence-corrected chi connectivity index (χ4v) is 3.31. The molecule has 1 saturated carbocycles. The van der Waals surface area contributed by atoms with Crippen molar-refractivity contribution in [3.63, 3.8) is 0 Å². The van der Waals surface area contributed by atoms with Gasteiger partial charge in [-0.25, -0.2) is 9.48 Å². The smallest absolute Gasteiger partial charge is 0.338 e. The molecule has 1 aliphatic rings. The number of ether oxygens (including phenoxy) is 1. The molecule has 1 fully saturated rings. The van der Waals surface area contributed by atoms with Crippen LogP contribution in [-0.2, 0) is 10.5 Å². The number of hydrogen-bond donors (Lipinski definition) is 0. The van der Waals surface area contributed by atoms with Crippen molar-refractivity contribution in [2.45, 2.75) is 29.8 Å². The monoisotopic (exact) mass is 368 g/mol. The molecule has 0 saturated heterocycles. The molecule has 21 heavy (non-hydrogen) atoms. The second kappa shape index (κ2) is 6.15. The molecular formula is C13H13BrN4O2S. The van der Waals surface area contributed by atoms with Crippen LogP contribution in [0.2, 0.25) is 0 Å². The molecule has 0 radical (unpaired) electrons. The van der Waals surface area contributed by atoms with Gasteiger partial charge in [0.25, 0.3) is 0 Å². The zero-order valence-corrected chi connectivity index (χ0v) is 13.7. The van der Waals surface area contributed by atoms with E-state index in [2.05, 4.69) is 31.5 Å². The van der Waals surface area contributed by atoms with Crippen molar-refractivity contribution in [1.29, 1.82) is 0 Å². The molecule has 0 unspecified atom stereocenters. The van der Waals surface area contributed by atoms with E-state index in [0.717, 1.165) is 28.0 Å². The molecular weight excluding hydrogens is 356 g/mol. The molecule has 0 atom stereocenters. The maximum Gasteiger partial charge on any atom is 0.338 e. The average molecular weight is 369 g/mol. The maximum absolute atomic E-state index is 11.8. The van der Waals surface area contributed by atoms with Gasteiger partial charge in [-0.1, -0.05) is 27.7 Å². The minimum Gasteiger partial charge on any atom is -0.465 e. The quantitative estimate of drug-likeness (QED) is 0.596. The largest absolute Gasteiger partial charge is 0.465 e. The highest BCUT2D eigenvalue weighted by molar-refractivity contribution is 9.10. The van der Waals surface area contributed by atoms with Crippen LogP contribution >= 0.6 is 27.7 Å². The van der Waals surface area contributed by atoms with E-state index in [0.29, 0.717) is 17.4 Å². The molecule has 0 aliphatic heterocycles. The Bertz CT molecular complexity index is 672. The van der Waals surface area contributed by atoms with Crippen LogP contribution < -0.4 is 0 Å². The number of thioether (sulfide) groups is 1. The molecule has 0 bridgehead atoms. The summed E-state index contributed by atoms with van der Waals surface area (Å²) in [6, 6.07) is 5.94. The van der Waals surface area contributed by atoms with E-state index in [1.807, 2.05) is 16.8 Å². The van der Waals surface area contributed by atoms with Crippen molar-refractivity contribution >= 4 is 33.7 Å². The summed E-state index contributed by atoms with van der Waals surface area (Å²) in [5, 5.41) is 12.6. The summed E-state index contributed by atoms with van der Waals surface area (Å²) in [6.07, 6.45) is 2.26. The molecule has 3 rings (SSSR count). The second-order valence-corrected chi connectivity index (χ2v) is 6.58. The molecule has 110 valence electrons. The number of carbonyl (C=O) groups is 1. The standard InChI is InChI=1S/C13H13BrN4O2S/c1-20-12(19)11-5-2-9(14)6-8(11)7-21-13-15-16-17-18(13)10-3-4-10/h2,5-6,10H,3-4,7H2,1H3. The Morgan fingerprint density at radius 1 is 1.52 bits per heavy atom. The van der Waals surface area contributed by atoms with E-state index >= 15 is 0 Å². The zero-order chi connectivity index (χ0) is 14.8. The first-order valence-corrected chi connectivity index (χ1v) is 8.24. The molecule has 0 spiro atoms. The van der Waals surface area contributed by atoms with E-state index in [4.69, 9.17) is 4.74 Å². The number of hydrogen-bond acceptors (Lipinski definition) is 6. The van der Waals surface area contributed by atoms with Gasteiger partial charge in [0.05, 0.1) is 18.7 Å². The van der Waals surface area contributed by atoms with Gasteiger partial charge in [-0.15, -0.1) is 5.10 Å². The summed E-state index contributed by atoms with van der Waals surface area (Å²) in [5.74, 6) is 0.275. The molecule has 8 heteroatoms. The number of esters is 1. The summed E-state index contributed by atoms with van der Waals surface area (Å²) >= 11 is 4.95. The Morgan fingerprint density at radius 3 is 3.05 bits per heavy atom. The highest BCUT2D eigenvalue weighted by Gasteiger charge is 2.28. The zero-order valence-electron chi connectivity index (χ0n) is 11.3. The van der Waals surface area contributed by atoms with Gasteiger partial charge in [-0.3, -0.25) is 0 Å². The van der Waals surface area contributed by atoms with E-state index in [-0.39, 0.29) is 5.97 Å². The molecule has 1 aliphatic carbocycles. The number of carbonyl (C=O) groups excluding carboxylic acids is 1. The molecule has 2 aromatic rings. The minimum absolute atomic E-state index is 0.333. The lowest BCUT2D eigenvalue weighted by molar-refractivity contribution is 0.0600. The first-order valence-electron chi connectivity index (χ1n) is 6.46. The lowest BCUT2D eigenvalue weighted by Gasteiger charge is -2.08. The minimum atomic E-state index is -0.333. The van der Waals surface area contributed by atoms with E-state index in [1.54, 1.807) is 6.07 Å². The van der Waals surface area contributed by atoms with Crippen LogP contribution in [0.15, 0.2) is 27.8 Å². The Morgan fingerprint density at radius 2 is 2.33 bits per heavy atom. The van der Waals surface area contributed by atoms with Crippen molar-refractivity contribution in [3.05, 3.63) is 33.8 Å². The third kappa shape index (κ3) is 3.26. The summed E-state index contributed by atoms with van der Waals surface area (Å²) in [6.45, 7) is 0. The van der Waals surface area contributed by atoms with Crippen LogP contribution in [0.25, 0.3) is 0 Å². The van der Waals surface area contributed by atoms with Crippen molar-refractivity contribution in [3.8, 4) is 0 Å². The molecule has 6 nitrogen and oxygen atoms in total. The summed E-state index contributed by atoms with van der Waals surface area (Å²) in [4.78, 5) is 11.8. The van der Waals surface area contributed by atoms with Crippen LogP contribution in [0.4, 0.5) is 0 Å². The molecule has 1 aromatic carbocycles. The van der Waals surface area contributed by atoms with Gasteiger partial charge in [0.2, 0.25) is 5.16 Å². The van der Waals surface area contributed by atoms with E-state index in [1.165, 1.54) is 18.9 Å². The Labute approximate surface area is 134 Å². The number of methoxy groups -OCH3 is 1. The predicted molar refractivity (Wildman–Crippen MR) is 81.1 cm³/mol. The molecule has 1 heterocycles. The number of halogens is 1. The maximum atomic E-state index is 11.8. The first-order chi connectivity index (χ1) is 10.2. The van der Waals surface area contributed by atoms with Gasteiger partial charge in [0.15, 0.2) is 0 Å². The number of aromatic nitrogens is 4. The van der Waals surface area contributed by atoms with Gasteiger partial charge in [0, 0.05) is 10.2 Å². The number of tetrazole rings is 1. The SMILES string of the molecule is COC(=O)c1ccc(Br)cc1CSc1nnnn1C1CC1. The van der Waals surface area contributed by atoms with Gasteiger partial charge in [0.1, 0.15) is 0 Å². The van der Waals surface area contributed by atoms with Crippen LogP contribution in [0.3, 0.4) is 0 Å². The highest BCUT2D eigenvalue weighted by atomic mass is 79.9. The van der Waals surface area contributed by atoms with Crippen LogP contribution in [0.1, 0.15) is 34.8 Å².